The van der Waals surface area contributed by atoms with E-state index in [-0.39, 0.29) is 0 Å². The van der Waals surface area contributed by atoms with Crippen molar-refractivity contribution in [3.63, 3.8) is 0 Å². The van der Waals surface area contributed by atoms with Crippen molar-refractivity contribution in [2.45, 2.75) is 31.6 Å². The molecule has 14 heavy (non-hydrogen) atoms. The van der Waals surface area contributed by atoms with Crippen molar-refractivity contribution in [3.05, 3.63) is 23.5 Å². The van der Waals surface area contributed by atoms with Crippen LogP contribution in [0.15, 0.2) is 12.3 Å². The molecule has 3 rings (SSSR count). The molecule has 1 saturated carbocycles. The second-order valence-electron chi connectivity index (χ2n) is 4.83. The predicted octanol–water partition coefficient (Wildman–Crippen LogP) is 2.26. The van der Waals surface area contributed by atoms with Gasteiger partial charge in [-0.3, -0.25) is 4.98 Å². The molecule has 0 atom stereocenters. The van der Waals surface area contributed by atoms with Crippen molar-refractivity contribution >= 4 is 5.69 Å². The van der Waals surface area contributed by atoms with Gasteiger partial charge in [0.2, 0.25) is 0 Å². The van der Waals surface area contributed by atoms with Crippen LogP contribution in [0.5, 0.6) is 0 Å². The maximum absolute atomic E-state index is 4.64. The maximum atomic E-state index is 4.64. The Morgan fingerprint density at radius 3 is 2.86 bits per heavy atom. The van der Waals surface area contributed by atoms with E-state index in [4.69, 9.17) is 0 Å². The van der Waals surface area contributed by atoms with E-state index in [2.05, 4.69) is 29.9 Å². The van der Waals surface area contributed by atoms with E-state index in [1.54, 1.807) is 0 Å². The first-order valence-electron chi connectivity index (χ1n) is 5.40. The summed E-state index contributed by atoms with van der Waals surface area (Å²) in [4.78, 5) is 6.99. The third kappa shape index (κ3) is 0.999. The molecule has 2 aliphatic rings. The van der Waals surface area contributed by atoms with Gasteiger partial charge in [0.05, 0.1) is 11.4 Å². The molecule has 0 N–H and O–H groups in total. The summed E-state index contributed by atoms with van der Waals surface area (Å²) in [7, 11) is 2.18. The van der Waals surface area contributed by atoms with E-state index >= 15 is 0 Å². The lowest BCUT2D eigenvalue weighted by molar-refractivity contribution is 0.566. The fraction of sp³-hybridized carbons (Fsp3) is 0.583. The Kier molecular flexibility index (Phi) is 1.48. The van der Waals surface area contributed by atoms with Gasteiger partial charge in [0.1, 0.15) is 0 Å². The number of aryl methyl sites for hydroxylation is 1. The van der Waals surface area contributed by atoms with Gasteiger partial charge in [-0.15, -0.1) is 0 Å². The highest BCUT2D eigenvalue weighted by Gasteiger charge is 2.49. The zero-order chi connectivity index (χ0) is 9.76. The molecule has 74 valence electrons. The summed E-state index contributed by atoms with van der Waals surface area (Å²) in [6.07, 6.45) is 6.01. The lowest BCUT2D eigenvalue weighted by Gasteiger charge is -2.32. The Bertz CT molecular complexity index is 380. The van der Waals surface area contributed by atoms with Crippen LogP contribution in [-0.4, -0.2) is 18.6 Å². The van der Waals surface area contributed by atoms with Crippen LogP contribution < -0.4 is 4.90 Å². The minimum atomic E-state index is 0.482. The van der Waals surface area contributed by atoms with Crippen LogP contribution in [0, 0.1) is 6.92 Å². The van der Waals surface area contributed by atoms with Gasteiger partial charge < -0.3 is 4.90 Å². The first-order chi connectivity index (χ1) is 6.71. The summed E-state index contributed by atoms with van der Waals surface area (Å²) in [5, 5.41) is 0. The standard InChI is InChI=1S/C12H16N2/c1-9-7-10-11(13-8-9)12(3-4-12)5-6-14(10)2/h7-8H,3-6H2,1-2H3. The third-order valence-corrected chi connectivity index (χ3v) is 3.70. The van der Waals surface area contributed by atoms with Crippen LogP contribution in [0.1, 0.15) is 30.5 Å². The highest BCUT2D eigenvalue weighted by atomic mass is 15.1. The lowest BCUT2D eigenvalue weighted by atomic mass is 9.91. The zero-order valence-corrected chi connectivity index (χ0v) is 8.88. The number of aromatic nitrogens is 1. The Balaban J connectivity index is 2.16. The summed E-state index contributed by atoms with van der Waals surface area (Å²) in [6, 6.07) is 2.28. The first kappa shape index (κ1) is 8.27. The van der Waals surface area contributed by atoms with Crippen LogP contribution in [0.3, 0.4) is 0 Å². The van der Waals surface area contributed by atoms with Crippen LogP contribution >= 0.6 is 0 Å². The summed E-state index contributed by atoms with van der Waals surface area (Å²) < 4.78 is 0. The largest absolute Gasteiger partial charge is 0.373 e. The van der Waals surface area contributed by atoms with E-state index in [0.717, 1.165) is 0 Å². The van der Waals surface area contributed by atoms with Gasteiger partial charge in [0.25, 0.3) is 0 Å². The van der Waals surface area contributed by atoms with E-state index in [1.807, 2.05) is 6.20 Å². The smallest absolute Gasteiger partial charge is 0.0699 e. The molecule has 0 bridgehead atoms. The fourth-order valence-corrected chi connectivity index (χ4v) is 2.51. The lowest BCUT2D eigenvalue weighted by Crippen LogP contribution is -2.31. The monoisotopic (exact) mass is 188 g/mol. The fourth-order valence-electron chi connectivity index (χ4n) is 2.51. The molecule has 1 aliphatic heterocycles. The highest BCUT2D eigenvalue weighted by molar-refractivity contribution is 5.58. The van der Waals surface area contributed by atoms with Gasteiger partial charge in [-0.1, -0.05) is 0 Å². The van der Waals surface area contributed by atoms with Crippen molar-refractivity contribution in [1.29, 1.82) is 0 Å². The number of pyridine rings is 1. The van der Waals surface area contributed by atoms with Gasteiger partial charge >= 0.3 is 0 Å². The second-order valence-corrected chi connectivity index (χ2v) is 4.83. The van der Waals surface area contributed by atoms with E-state index in [1.165, 1.54) is 42.8 Å². The van der Waals surface area contributed by atoms with Crippen molar-refractivity contribution in [1.82, 2.24) is 4.98 Å². The topological polar surface area (TPSA) is 16.1 Å². The van der Waals surface area contributed by atoms with Gasteiger partial charge in [0, 0.05) is 25.2 Å². The molecule has 0 amide bonds. The molecule has 1 spiro atoms. The quantitative estimate of drug-likeness (QED) is 0.621. The average Bonchev–Trinajstić information content (AvgIpc) is 2.93. The summed E-state index contributed by atoms with van der Waals surface area (Å²) in [6.45, 7) is 3.31. The van der Waals surface area contributed by atoms with Gasteiger partial charge in [-0.05, 0) is 37.8 Å². The molecule has 1 aromatic rings. The first-order valence-corrected chi connectivity index (χ1v) is 5.40. The molecule has 1 fully saturated rings. The molecular formula is C12H16N2. The average molecular weight is 188 g/mol. The van der Waals surface area contributed by atoms with Crippen molar-refractivity contribution in [3.8, 4) is 0 Å². The molecule has 0 aromatic carbocycles. The Hall–Kier alpha value is -1.05. The molecule has 1 aliphatic carbocycles. The number of fused-ring (bicyclic) bond motifs is 2. The Morgan fingerprint density at radius 2 is 2.14 bits per heavy atom. The molecule has 2 nitrogen and oxygen atoms in total. The van der Waals surface area contributed by atoms with Gasteiger partial charge in [0.15, 0.2) is 0 Å². The van der Waals surface area contributed by atoms with Crippen molar-refractivity contribution in [2.75, 3.05) is 18.5 Å². The number of nitrogens with zero attached hydrogens (tertiary/aromatic N) is 2. The SMILES string of the molecule is Cc1cnc2c(c1)N(C)CCC21CC1. The van der Waals surface area contributed by atoms with Gasteiger partial charge in [-0.2, -0.15) is 0 Å². The van der Waals surface area contributed by atoms with E-state index in [9.17, 15) is 0 Å². The number of rotatable bonds is 0. The van der Waals surface area contributed by atoms with Crippen LogP contribution in [-0.2, 0) is 5.41 Å². The summed E-state index contributed by atoms with van der Waals surface area (Å²) >= 11 is 0. The normalized spacial score (nSPS) is 22.3. The summed E-state index contributed by atoms with van der Waals surface area (Å²) in [5.41, 5.74) is 4.48. The Labute approximate surface area is 85.0 Å². The minimum absolute atomic E-state index is 0.482. The predicted molar refractivity (Wildman–Crippen MR) is 57.8 cm³/mol. The third-order valence-electron chi connectivity index (χ3n) is 3.70. The highest BCUT2D eigenvalue weighted by Crippen LogP contribution is 2.55. The molecule has 1 aromatic heterocycles. The number of hydrogen-bond acceptors (Lipinski definition) is 2. The second kappa shape index (κ2) is 2.50. The zero-order valence-electron chi connectivity index (χ0n) is 8.88. The molecule has 0 saturated heterocycles. The number of hydrogen-bond donors (Lipinski definition) is 0. The maximum Gasteiger partial charge on any atom is 0.0699 e. The molecular weight excluding hydrogens is 172 g/mol. The van der Waals surface area contributed by atoms with Gasteiger partial charge in [-0.25, -0.2) is 0 Å². The van der Waals surface area contributed by atoms with Crippen LogP contribution in [0.2, 0.25) is 0 Å². The van der Waals surface area contributed by atoms with E-state index < -0.39 is 0 Å². The molecule has 0 radical (unpaired) electrons. The number of anilines is 1. The van der Waals surface area contributed by atoms with Crippen molar-refractivity contribution in [2.24, 2.45) is 0 Å². The molecule has 2 heterocycles. The van der Waals surface area contributed by atoms with Crippen LogP contribution in [0.25, 0.3) is 0 Å². The van der Waals surface area contributed by atoms with Crippen LogP contribution in [0.4, 0.5) is 5.69 Å². The van der Waals surface area contributed by atoms with E-state index in [0.29, 0.717) is 5.41 Å². The minimum Gasteiger partial charge on any atom is -0.373 e. The molecule has 0 unspecified atom stereocenters. The molecule has 2 heteroatoms. The Morgan fingerprint density at radius 1 is 1.36 bits per heavy atom. The summed E-state index contributed by atoms with van der Waals surface area (Å²) in [5.74, 6) is 0. The van der Waals surface area contributed by atoms with Crippen molar-refractivity contribution < 1.29 is 0 Å².